The molecule has 5 heteroatoms. The topological polar surface area (TPSA) is 66.9 Å². The Morgan fingerprint density at radius 3 is 2.23 bits per heavy atom. The first kappa shape index (κ1) is 14.5. The molecule has 5 nitrogen and oxygen atoms in total. The molecule has 1 heterocycles. The molecule has 22 heavy (non-hydrogen) atoms. The standard InChI is InChI=1S/C17H20N4O/c1-10-6-11(2)15(12(3)7-10)21-17-18-8-13(9-19-17)16(22)20-14-4-5-14/h6-9,14H,4-5H2,1-3H3,(H,20,22)(H,18,19,21). The Bertz CT molecular complexity index is 682. The number of nitrogens with one attached hydrogen (secondary N) is 2. The first-order valence-electron chi connectivity index (χ1n) is 7.50. The molecule has 1 aliphatic carbocycles. The first-order chi connectivity index (χ1) is 10.5. The second kappa shape index (κ2) is 5.75. The van der Waals surface area contributed by atoms with Gasteiger partial charge in [0.05, 0.1) is 5.56 Å². The van der Waals surface area contributed by atoms with Crippen molar-refractivity contribution in [2.75, 3.05) is 5.32 Å². The SMILES string of the molecule is Cc1cc(C)c(Nc2ncc(C(=O)NC3CC3)cn2)c(C)c1. The van der Waals surface area contributed by atoms with E-state index >= 15 is 0 Å². The number of aromatic nitrogens is 2. The van der Waals surface area contributed by atoms with Crippen LogP contribution in [0.25, 0.3) is 0 Å². The lowest BCUT2D eigenvalue weighted by atomic mass is 10.1. The fourth-order valence-corrected chi connectivity index (χ4v) is 2.50. The van der Waals surface area contributed by atoms with Crippen LogP contribution in [0, 0.1) is 20.8 Å². The van der Waals surface area contributed by atoms with Gasteiger partial charge in [-0.1, -0.05) is 17.7 Å². The largest absolute Gasteiger partial charge is 0.349 e. The van der Waals surface area contributed by atoms with Crippen LogP contribution < -0.4 is 10.6 Å². The van der Waals surface area contributed by atoms with Gasteiger partial charge in [-0.05, 0) is 44.7 Å². The molecular formula is C17H20N4O. The molecule has 0 saturated heterocycles. The van der Waals surface area contributed by atoms with Gasteiger partial charge in [-0.3, -0.25) is 4.79 Å². The molecule has 0 radical (unpaired) electrons. The Morgan fingerprint density at radius 2 is 1.68 bits per heavy atom. The van der Waals surface area contributed by atoms with Crippen molar-refractivity contribution < 1.29 is 4.79 Å². The van der Waals surface area contributed by atoms with E-state index in [9.17, 15) is 4.79 Å². The number of hydrogen-bond acceptors (Lipinski definition) is 4. The maximum Gasteiger partial charge on any atom is 0.254 e. The monoisotopic (exact) mass is 296 g/mol. The van der Waals surface area contributed by atoms with Crippen molar-refractivity contribution in [3.63, 3.8) is 0 Å². The molecule has 1 aromatic heterocycles. The van der Waals surface area contributed by atoms with Gasteiger partial charge in [0.25, 0.3) is 5.91 Å². The molecule has 0 bridgehead atoms. The van der Waals surface area contributed by atoms with Crippen LogP contribution in [0.5, 0.6) is 0 Å². The van der Waals surface area contributed by atoms with Crippen LogP contribution in [-0.4, -0.2) is 21.9 Å². The Morgan fingerprint density at radius 1 is 1.09 bits per heavy atom. The highest BCUT2D eigenvalue weighted by Gasteiger charge is 2.24. The second-order valence-corrected chi connectivity index (χ2v) is 5.94. The van der Waals surface area contributed by atoms with Crippen molar-refractivity contribution in [3.8, 4) is 0 Å². The zero-order chi connectivity index (χ0) is 15.7. The van der Waals surface area contributed by atoms with E-state index in [4.69, 9.17) is 0 Å². The Balaban J connectivity index is 1.74. The van der Waals surface area contributed by atoms with Crippen molar-refractivity contribution in [2.24, 2.45) is 0 Å². The van der Waals surface area contributed by atoms with E-state index in [1.807, 2.05) is 0 Å². The summed E-state index contributed by atoms with van der Waals surface area (Å²) in [5.41, 5.74) is 5.04. The quantitative estimate of drug-likeness (QED) is 0.910. The van der Waals surface area contributed by atoms with Crippen LogP contribution in [0.4, 0.5) is 11.6 Å². The van der Waals surface area contributed by atoms with Gasteiger partial charge in [-0.2, -0.15) is 0 Å². The molecule has 1 saturated carbocycles. The van der Waals surface area contributed by atoms with E-state index in [1.165, 1.54) is 5.56 Å². The second-order valence-electron chi connectivity index (χ2n) is 5.94. The number of anilines is 2. The van der Waals surface area contributed by atoms with Crippen LogP contribution >= 0.6 is 0 Å². The number of carbonyl (C=O) groups is 1. The smallest absolute Gasteiger partial charge is 0.254 e. The molecule has 114 valence electrons. The van der Waals surface area contributed by atoms with E-state index in [2.05, 4.69) is 53.5 Å². The molecule has 1 amide bonds. The third-order valence-corrected chi connectivity index (χ3v) is 3.74. The zero-order valence-electron chi connectivity index (χ0n) is 13.1. The van der Waals surface area contributed by atoms with Gasteiger partial charge in [0.2, 0.25) is 5.95 Å². The summed E-state index contributed by atoms with van der Waals surface area (Å²) < 4.78 is 0. The summed E-state index contributed by atoms with van der Waals surface area (Å²) in [6, 6.07) is 4.57. The minimum absolute atomic E-state index is 0.100. The highest BCUT2D eigenvalue weighted by molar-refractivity contribution is 5.94. The lowest BCUT2D eigenvalue weighted by molar-refractivity contribution is 0.0950. The van der Waals surface area contributed by atoms with Gasteiger partial charge >= 0.3 is 0 Å². The number of carbonyl (C=O) groups excluding carboxylic acids is 1. The third kappa shape index (κ3) is 3.24. The van der Waals surface area contributed by atoms with Gasteiger partial charge in [-0.15, -0.1) is 0 Å². The lowest BCUT2D eigenvalue weighted by Gasteiger charge is -2.12. The summed E-state index contributed by atoms with van der Waals surface area (Å²) in [7, 11) is 0. The van der Waals surface area contributed by atoms with Crippen LogP contribution in [-0.2, 0) is 0 Å². The third-order valence-electron chi connectivity index (χ3n) is 3.74. The van der Waals surface area contributed by atoms with E-state index in [0.29, 0.717) is 17.6 Å². The number of benzene rings is 1. The molecule has 0 spiro atoms. The molecule has 0 atom stereocenters. The maximum absolute atomic E-state index is 11.9. The van der Waals surface area contributed by atoms with Crippen LogP contribution in [0.1, 0.15) is 39.9 Å². The molecule has 1 aromatic carbocycles. The summed E-state index contributed by atoms with van der Waals surface area (Å²) in [6.07, 6.45) is 5.26. The number of nitrogens with zero attached hydrogens (tertiary/aromatic N) is 2. The highest BCUT2D eigenvalue weighted by Crippen LogP contribution is 2.24. The van der Waals surface area contributed by atoms with E-state index in [1.54, 1.807) is 12.4 Å². The van der Waals surface area contributed by atoms with Crippen LogP contribution in [0.3, 0.4) is 0 Å². The van der Waals surface area contributed by atoms with Crippen molar-refractivity contribution in [1.82, 2.24) is 15.3 Å². The summed E-state index contributed by atoms with van der Waals surface area (Å²) in [5, 5.41) is 6.16. The van der Waals surface area contributed by atoms with Crippen LogP contribution in [0.15, 0.2) is 24.5 Å². The molecule has 0 aliphatic heterocycles. The van der Waals surface area contributed by atoms with E-state index in [-0.39, 0.29) is 5.91 Å². The normalized spacial score (nSPS) is 13.8. The number of rotatable bonds is 4. The Hall–Kier alpha value is -2.43. The molecule has 2 N–H and O–H groups in total. The van der Waals surface area contributed by atoms with Gasteiger partial charge < -0.3 is 10.6 Å². The molecular weight excluding hydrogens is 276 g/mol. The lowest BCUT2D eigenvalue weighted by Crippen LogP contribution is -2.25. The zero-order valence-corrected chi connectivity index (χ0v) is 13.1. The van der Waals surface area contributed by atoms with Gasteiger partial charge in [0.15, 0.2) is 0 Å². The average Bonchev–Trinajstić information content (AvgIpc) is 3.27. The Kier molecular flexibility index (Phi) is 3.79. The molecule has 1 fully saturated rings. The molecule has 0 unspecified atom stereocenters. The van der Waals surface area contributed by atoms with E-state index in [0.717, 1.165) is 29.7 Å². The average molecular weight is 296 g/mol. The fourth-order valence-electron chi connectivity index (χ4n) is 2.50. The number of amides is 1. The minimum atomic E-state index is -0.100. The molecule has 3 rings (SSSR count). The predicted molar refractivity (Wildman–Crippen MR) is 86.5 cm³/mol. The molecule has 2 aromatic rings. The predicted octanol–water partition coefficient (Wildman–Crippen LogP) is 3.04. The van der Waals surface area contributed by atoms with Crippen molar-refractivity contribution in [3.05, 3.63) is 46.8 Å². The summed E-state index contributed by atoms with van der Waals surface area (Å²) in [6.45, 7) is 6.19. The summed E-state index contributed by atoms with van der Waals surface area (Å²) in [4.78, 5) is 20.4. The Labute approximate surface area is 130 Å². The van der Waals surface area contributed by atoms with Gasteiger partial charge in [0, 0.05) is 24.1 Å². The van der Waals surface area contributed by atoms with Crippen molar-refractivity contribution in [1.29, 1.82) is 0 Å². The van der Waals surface area contributed by atoms with Crippen molar-refractivity contribution >= 4 is 17.5 Å². The maximum atomic E-state index is 11.9. The highest BCUT2D eigenvalue weighted by atomic mass is 16.1. The van der Waals surface area contributed by atoms with Gasteiger partial charge in [-0.25, -0.2) is 9.97 Å². The van der Waals surface area contributed by atoms with Crippen LogP contribution in [0.2, 0.25) is 0 Å². The fraction of sp³-hybridized carbons (Fsp3) is 0.353. The molecule has 1 aliphatic rings. The van der Waals surface area contributed by atoms with Crippen molar-refractivity contribution in [2.45, 2.75) is 39.7 Å². The van der Waals surface area contributed by atoms with E-state index < -0.39 is 0 Å². The van der Waals surface area contributed by atoms with Gasteiger partial charge in [0.1, 0.15) is 0 Å². The number of aryl methyl sites for hydroxylation is 3. The number of hydrogen-bond donors (Lipinski definition) is 2. The first-order valence-corrected chi connectivity index (χ1v) is 7.50. The minimum Gasteiger partial charge on any atom is -0.349 e. The summed E-state index contributed by atoms with van der Waals surface area (Å²) >= 11 is 0. The summed E-state index contributed by atoms with van der Waals surface area (Å²) in [5.74, 6) is 0.398.